The summed E-state index contributed by atoms with van der Waals surface area (Å²) in [7, 11) is 1.39. The van der Waals surface area contributed by atoms with E-state index in [1.165, 1.54) is 7.11 Å². The van der Waals surface area contributed by atoms with Crippen molar-refractivity contribution >= 4 is 11.8 Å². The Labute approximate surface area is 152 Å². The van der Waals surface area contributed by atoms with Gasteiger partial charge in [0.25, 0.3) is 0 Å². The molecule has 0 radical (unpaired) electrons. The van der Waals surface area contributed by atoms with E-state index < -0.39 is 0 Å². The molecule has 0 amide bonds. The van der Waals surface area contributed by atoms with E-state index in [4.69, 9.17) is 15.9 Å². The summed E-state index contributed by atoms with van der Waals surface area (Å²) in [5.41, 5.74) is 10.6. The SMILES string of the molecule is COC(=O)c1c(Cc2cccc(C(=N)N)c2)c[nH]c1Cc1ccccc1. The van der Waals surface area contributed by atoms with Crippen molar-refractivity contribution < 1.29 is 9.53 Å². The summed E-state index contributed by atoms with van der Waals surface area (Å²) < 4.78 is 5.00. The number of nitrogens with two attached hydrogens (primary N) is 1. The van der Waals surface area contributed by atoms with Crippen LogP contribution in [0.25, 0.3) is 0 Å². The van der Waals surface area contributed by atoms with Gasteiger partial charge in [0.15, 0.2) is 0 Å². The number of carbonyl (C=O) groups is 1. The number of aromatic amines is 1. The first kappa shape index (κ1) is 17.5. The lowest BCUT2D eigenvalue weighted by Gasteiger charge is -2.07. The number of rotatable bonds is 6. The molecule has 0 spiro atoms. The molecule has 0 atom stereocenters. The molecule has 5 heteroatoms. The molecule has 1 aromatic heterocycles. The quantitative estimate of drug-likeness (QED) is 0.363. The van der Waals surface area contributed by atoms with Crippen molar-refractivity contribution in [1.82, 2.24) is 4.98 Å². The number of amidine groups is 1. The molecule has 132 valence electrons. The second-order valence-corrected chi connectivity index (χ2v) is 6.11. The Morgan fingerprint density at radius 2 is 1.81 bits per heavy atom. The first-order valence-corrected chi connectivity index (χ1v) is 8.33. The Morgan fingerprint density at radius 1 is 1.08 bits per heavy atom. The molecule has 0 aliphatic heterocycles. The number of benzene rings is 2. The van der Waals surface area contributed by atoms with Crippen molar-refractivity contribution in [1.29, 1.82) is 5.41 Å². The zero-order chi connectivity index (χ0) is 18.5. The van der Waals surface area contributed by atoms with Gasteiger partial charge in [-0.1, -0.05) is 48.5 Å². The van der Waals surface area contributed by atoms with Crippen molar-refractivity contribution in [2.75, 3.05) is 7.11 Å². The van der Waals surface area contributed by atoms with Gasteiger partial charge in [0.2, 0.25) is 0 Å². The van der Waals surface area contributed by atoms with E-state index in [-0.39, 0.29) is 11.8 Å². The van der Waals surface area contributed by atoms with Crippen molar-refractivity contribution in [3.8, 4) is 0 Å². The Bertz CT molecular complexity index is 929. The van der Waals surface area contributed by atoms with Gasteiger partial charge in [-0.05, 0) is 29.2 Å². The molecular formula is C21H21N3O2. The van der Waals surface area contributed by atoms with E-state index in [0.29, 0.717) is 24.0 Å². The molecule has 0 saturated carbocycles. The zero-order valence-electron chi connectivity index (χ0n) is 14.6. The van der Waals surface area contributed by atoms with Gasteiger partial charge in [-0.2, -0.15) is 0 Å². The molecule has 0 fully saturated rings. The molecule has 2 aromatic carbocycles. The average molecular weight is 347 g/mol. The third kappa shape index (κ3) is 3.83. The summed E-state index contributed by atoms with van der Waals surface area (Å²) in [5, 5.41) is 7.58. The van der Waals surface area contributed by atoms with Crippen molar-refractivity contribution in [3.05, 3.63) is 94.3 Å². The third-order valence-electron chi connectivity index (χ3n) is 4.29. The van der Waals surface area contributed by atoms with E-state index in [0.717, 1.165) is 22.4 Å². The van der Waals surface area contributed by atoms with Gasteiger partial charge in [-0.25, -0.2) is 4.79 Å². The standard InChI is InChI=1S/C21H21N3O2/c1-26-21(25)19-17(11-15-8-5-9-16(10-15)20(22)23)13-24-18(19)12-14-6-3-2-4-7-14/h2-10,13,24H,11-12H2,1H3,(H3,22,23). The van der Waals surface area contributed by atoms with Crippen molar-refractivity contribution in [2.45, 2.75) is 12.8 Å². The smallest absolute Gasteiger partial charge is 0.339 e. The second-order valence-electron chi connectivity index (χ2n) is 6.11. The van der Waals surface area contributed by atoms with Crippen LogP contribution in [0.1, 0.15) is 38.3 Å². The number of H-pyrrole nitrogens is 1. The number of ether oxygens (including phenoxy) is 1. The number of nitrogens with one attached hydrogen (secondary N) is 2. The number of carbonyl (C=O) groups excluding carboxylic acids is 1. The number of esters is 1. The Hall–Kier alpha value is -3.34. The number of hydrogen-bond donors (Lipinski definition) is 3. The lowest BCUT2D eigenvalue weighted by Crippen LogP contribution is -2.11. The van der Waals surface area contributed by atoms with E-state index in [1.807, 2.05) is 54.7 Å². The van der Waals surface area contributed by atoms with E-state index >= 15 is 0 Å². The van der Waals surface area contributed by atoms with E-state index in [2.05, 4.69) is 4.98 Å². The summed E-state index contributed by atoms with van der Waals surface area (Å²) >= 11 is 0. The van der Waals surface area contributed by atoms with Gasteiger partial charge in [0, 0.05) is 23.9 Å². The molecule has 3 aromatic rings. The molecule has 0 bridgehead atoms. The van der Waals surface area contributed by atoms with Crippen LogP contribution >= 0.6 is 0 Å². The minimum atomic E-state index is -0.352. The number of nitrogen functional groups attached to an aromatic ring is 1. The maximum absolute atomic E-state index is 12.4. The fraction of sp³-hybridized carbons (Fsp3) is 0.143. The Balaban J connectivity index is 1.93. The number of methoxy groups -OCH3 is 1. The highest BCUT2D eigenvalue weighted by molar-refractivity contribution is 5.95. The summed E-state index contributed by atoms with van der Waals surface area (Å²) in [5.74, 6) is -0.325. The van der Waals surface area contributed by atoms with Gasteiger partial charge < -0.3 is 15.5 Å². The average Bonchev–Trinajstić information content (AvgIpc) is 3.04. The normalized spacial score (nSPS) is 10.5. The summed E-state index contributed by atoms with van der Waals surface area (Å²) in [6, 6.07) is 17.5. The highest BCUT2D eigenvalue weighted by Gasteiger charge is 2.19. The van der Waals surface area contributed by atoms with Gasteiger partial charge in [0.05, 0.1) is 12.7 Å². The largest absolute Gasteiger partial charge is 0.465 e. The topological polar surface area (TPSA) is 92.0 Å². The molecule has 0 aliphatic carbocycles. The van der Waals surface area contributed by atoms with Crippen LogP contribution in [0.5, 0.6) is 0 Å². The second kappa shape index (κ2) is 7.70. The van der Waals surface area contributed by atoms with Crippen LogP contribution in [0.2, 0.25) is 0 Å². The zero-order valence-corrected chi connectivity index (χ0v) is 14.6. The minimum absolute atomic E-state index is 0.0267. The van der Waals surface area contributed by atoms with E-state index in [9.17, 15) is 4.79 Å². The molecule has 5 nitrogen and oxygen atoms in total. The summed E-state index contributed by atoms with van der Waals surface area (Å²) in [6.45, 7) is 0. The van der Waals surface area contributed by atoms with E-state index in [1.54, 1.807) is 6.07 Å². The van der Waals surface area contributed by atoms with Gasteiger partial charge in [-0.15, -0.1) is 0 Å². The molecular weight excluding hydrogens is 326 g/mol. The van der Waals surface area contributed by atoms with Crippen LogP contribution in [-0.4, -0.2) is 23.9 Å². The van der Waals surface area contributed by atoms with Crippen LogP contribution in [0.15, 0.2) is 60.8 Å². The first-order chi connectivity index (χ1) is 12.6. The molecule has 4 N–H and O–H groups in total. The predicted molar refractivity (Wildman–Crippen MR) is 102 cm³/mol. The van der Waals surface area contributed by atoms with Crippen LogP contribution in [0, 0.1) is 5.41 Å². The molecule has 1 heterocycles. The molecule has 3 rings (SSSR count). The molecule has 0 saturated heterocycles. The monoisotopic (exact) mass is 347 g/mol. The molecule has 0 aliphatic rings. The van der Waals surface area contributed by atoms with Crippen LogP contribution in [0.4, 0.5) is 0 Å². The minimum Gasteiger partial charge on any atom is -0.465 e. The predicted octanol–water partition coefficient (Wildman–Crippen LogP) is 3.27. The van der Waals surface area contributed by atoms with Crippen LogP contribution < -0.4 is 5.73 Å². The Morgan fingerprint density at radius 3 is 2.50 bits per heavy atom. The molecule has 0 unspecified atom stereocenters. The summed E-state index contributed by atoms with van der Waals surface area (Å²) in [4.78, 5) is 15.6. The third-order valence-corrected chi connectivity index (χ3v) is 4.29. The highest BCUT2D eigenvalue weighted by atomic mass is 16.5. The summed E-state index contributed by atoms with van der Waals surface area (Å²) in [6.07, 6.45) is 3.03. The number of aromatic nitrogens is 1. The maximum atomic E-state index is 12.4. The van der Waals surface area contributed by atoms with Gasteiger partial charge in [-0.3, -0.25) is 5.41 Å². The lowest BCUT2D eigenvalue weighted by molar-refractivity contribution is 0.0599. The van der Waals surface area contributed by atoms with Gasteiger partial charge in [0.1, 0.15) is 5.84 Å². The fourth-order valence-corrected chi connectivity index (χ4v) is 3.02. The lowest BCUT2D eigenvalue weighted by atomic mass is 9.99. The Kier molecular flexibility index (Phi) is 5.17. The van der Waals surface area contributed by atoms with Crippen LogP contribution in [0.3, 0.4) is 0 Å². The number of hydrogen-bond acceptors (Lipinski definition) is 3. The first-order valence-electron chi connectivity index (χ1n) is 8.33. The fourth-order valence-electron chi connectivity index (χ4n) is 3.02. The molecule has 26 heavy (non-hydrogen) atoms. The van der Waals surface area contributed by atoms with Gasteiger partial charge >= 0.3 is 5.97 Å². The highest BCUT2D eigenvalue weighted by Crippen LogP contribution is 2.22. The van der Waals surface area contributed by atoms with Crippen molar-refractivity contribution in [3.63, 3.8) is 0 Å². The van der Waals surface area contributed by atoms with Crippen LogP contribution in [-0.2, 0) is 17.6 Å². The maximum Gasteiger partial charge on any atom is 0.339 e. The van der Waals surface area contributed by atoms with Crippen molar-refractivity contribution in [2.24, 2.45) is 5.73 Å².